The van der Waals surface area contributed by atoms with Gasteiger partial charge in [-0.05, 0) is 0 Å². The van der Waals surface area contributed by atoms with Crippen LogP contribution in [0.1, 0.15) is 0 Å². The van der Waals surface area contributed by atoms with E-state index in [9.17, 15) is 0 Å². The van der Waals surface area contributed by atoms with Crippen LogP contribution in [0.15, 0.2) is 12.7 Å². The highest BCUT2D eigenvalue weighted by Gasteiger charge is 1.74. The zero-order valence-corrected chi connectivity index (χ0v) is 5.58. The van der Waals surface area contributed by atoms with E-state index in [1.54, 1.807) is 6.08 Å². The fourth-order valence-corrected chi connectivity index (χ4v) is 0.283. The Bertz CT molecular complexity index is 49.7. The van der Waals surface area contributed by atoms with Crippen LogP contribution in [0, 0.1) is 0 Å². The first kappa shape index (κ1) is 10.8. The molecule has 0 aliphatic heterocycles. The van der Waals surface area contributed by atoms with Gasteiger partial charge in [-0.15, -0.1) is 19.0 Å². The molecule has 0 aromatic rings. The van der Waals surface area contributed by atoms with Crippen molar-refractivity contribution in [2.45, 2.75) is 0 Å². The van der Waals surface area contributed by atoms with E-state index in [-0.39, 0.29) is 19.0 Å². The standard InChI is InChI=1S/C5H11NO.ClH/c1-2-3-6-4-5-7;/h2,6-7H,1,3-5H2;1H. The number of halogens is 1. The molecule has 0 spiro atoms. The SMILES string of the molecule is C=CCNCCO.Cl. The molecule has 0 aliphatic rings. The number of hydrogen-bond acceptors (Lipinski definition) is 2. The smallest absolute Gasteiger partial charge is 0.0556 e. The fourth-order valence-electron chi connectivity index (χ4n) is 0.283. The van der Waals surface area contributed by atoms with E-state index in [4.69, 9.17) is 5.11 Å². The quantitative estimate of drug-likeness (QED) is 0.428. The van der Waals surface area contributed by atoms with Gasteiger partial charge >= 0.3 is 0 Å². The minimum atomic E-state index is 0. The first-order valence-electron chi connectivity index (χ1n) is 2.34. The van der Waals surface area contributed by atoms with Crippen molar-refractivity contribution < 1.29 is 5.11 Å². The Morgan fingerprint density at radius 1 is 1.62 bits per heavy atom. The van der Waals surface area contributed by atoms with Crippen LogP contribution < -0.4 is 5.32 Å². The van der Waals surface area contributed by atoms with Gasteiger partial charge in [0.2, 0.25) is 0 Å². The summed E-state index contributed by atoms with van der Waals surface area (Å²) in [4.78, 5) is 0. The topological polar surface area (TPSA) is 32.3 Å². The van der Waals surface area contributed by atoms with E-state index in [0.717, 1.165) is 6.54 Å². The summed E-state index contributed by atoms with van der Waals surface area (Å²) in [6.45, 7) is 5.13. The number of hydrogen-bond donors (Lipinski definition) is 2. The van der Waals surface area contributed by atoms with Crippen LogP contribution in [-0.4, -0.2) is 24.8 Å². The van der Waals surface area contributed by atoms with Crippen molar-refractivity contribution in [2.24, 2.45) is 0 Å². The van der Waals surface area contributed by atoms with Gasteiger partial charge in [0.15, 0.2) is 0 Å². The lowest BCUT2D eigenvalue weighted by Crippen LogP contribution is -2.17. The molecule has 2 N–H and O–H groups in total. The van der Waals surface area contributed by atoms with Crippen LogP contribution in [0.25, 0.3) is 0 Å². The molecule has 3 heteroatoms. The van der Waals surface area contributed by atoms with Crippen molar-refractivity contribution in [1.82, 2.24) is 5.32 Å². The monoisotopic (exact) mass is 137 g/mol. The van der Waals surface area contributed by atoms with E-state index in [1.807, 2.05) is 0 Å². The minimum Gasteiger partial charge on any atom is -0.395 e. The fraction of sp³-hybridized carbons (Fsp3) is 0.600. The van der Waals surface area contributed by atoms with Gasteiger partial charge in [-0.25, -0.2) is 0 Å². The average Bonchev–Trinajstić information content (AvgIpc) is 1.69. The second-order valence-electron chi connectivity index (χ2n) is 1.22. The molecule has 0 unspecified atom stereocenters. The van der Waals surface area contributed by atoms with Gasteiger partial charge < -0.3 is 10.4 Å². The highest BCUT2D eigenvalue weighted by Crippen LogP contribution is 1.57. The molecule has 0 atom stereocenters. The highest BCUT2D eigenvalue weighted by molar-refractivity contribution is 5.85. The van der Waals surface area contributed by atoms with Gasteiger partial charge in [0.05, 0.1) is 6.61 Å². The number of aliphatic hydroxyl groups excluding tert-OH is 1. The van der Waals surface area contributed by atoms with Crippen molar-refractivity contribution in [2.75, 3.05) is 19.7 Å². The van der Waals surface area contributed by atoms with Crippen molar-refractivity contribution in [3.05, 3.63) is 12.7 Å². The summed E-state index contributed by atoms with van der Waals surface area (Å²) in [6.07, 6.45) is 1.76. The third kappa shape index (κ3) is 9.34. The molecular weight excluding hydrogens is 126 g/mol. The lowest BCUT2D eigenvalue weighted by Gasteiger charge is -1.92. The maximum atomic E-state index is 8.20. The Hall–Kier alpha value is -0.0500. The maximum Gasteiger partial charge on any atom is 0.0556 e. The normalized spacial score (nSPS) is 7.62. The molecule has 8 heavy (non-hydrogen) atoms. The van der Waals surface area contributed by atoms with Gasteiger partial charge in [0, 0.05) is 13.1 Å². The van der Waals surface area contributed by atoms with E-state index < -0.39 is 0 Å². The molecule has 0 fully saturated rings. The van der Waals surface area contributed by atoms with E-state index >= 15 is 0 Å². The third-order valence-electron chi connectivity index (χ3n) is 0.577. The first-order chi connectivity index (χ1) is 3.41. The van der Waals surface area contributed by atoms with E-state index in [0.29, 0.717) is 6.54 Å². The molecule has 0 radical (unpaired) electrons. The largest absolute Gasteiger partial charge is 0.395 e. The molecule has 2 nitrogen and oxygen atoms in total. The lowest BCUT2D eigenvalue weighted by molar-refractivity contribution is 0.294. The molecule has 0 amide bonds. The van der Waals surface area contributed by atoms with Crippen LogP contribution in [0.4, 0.5) is 0 Å². The second-order valence-corrected chi connectivity index (χ2v) is 1.22. The molecule has 0 saturated heterocycles. The van der Waals surface area contributed by atoms with Crippen LogP contribution in [0.3, 0.4) is 0 Å². The Balaban J connectivity index is 0. The number of aliphatic hydroxyl groups is 1. The van der Waals surface area contributed by atoms with Gasteiger partial charge in [0.25, 0.3) is 0 Å². The van der Waals surface area contributed by atoms with Crippen LogP contribution in [0.5, 0.6) is 0 Å². The van der Waals surface area contributed by atoms with Crippen molar-refractivity contribution in [3.63, 3.8) is 0 Å². The number of rotatable bonds is 4. The first-order valence-corrected chi connectivity index (χ1v) is 2.34. The zero-order chi connectivity index (χ0) is 5.54. The average molecular weight is 138 g/mol. The summed E-state index contributed by atoms with van der Waals surface area (Å²) >= 11 is 0. The Labute approximate surface area is 56.0 Å². The molecular formula is C5H12ClNO. The summed E-state index contributed by atoms with van der Waals surface area (Å²) in [7, 11) is 0. The molecule has 0 saturated carbocycles. The lowest BCUT2D eigenvalue weighted by atomic mass is 10.6. The molecule has 0 aliphatic carbocycles. The molecule has 0 bridgehead atoms. The van der Waals surface area contributed by atoms with E-state index in [1.165, 1.54) is 0 Å². The highest BCUT2D eigenvalue weighted by atomic mass is 35.5. The molecule has 0 rings (SSSR count). The molecule has 0 heterocycles. The summed E-state index contributed by atoms with van der Waals surface area (Å²) in [5.41, 5.74) is 0. The van der Waals surface area contributed by atoms with Crippen LogP contribution in [0.2, 0.25) is 0 Å². The summed E-state index contributed by atoms with van der Waals surface area (Å²) < 4.78 is 0. The van der Waals surface area contributed by atoms with Gasteiger partial charge in [0.1, 0.15) is 0 Å². The van der Waals surface area contributed by atoms with Crippen LogP contribution >= 0.6 is 12.4 Å². The molecule has 50 valence electrons. The van der Waals surface area contributed by atoms with Crippen molar-refractivity contribution in [1.29, 1.82) is 0 Å². The van der Waals surface area contributed by atoms with Crippen molar-refractivity contribution >= 4 is 12.4 Å². The predicted octanol–water partition coefficient (Wildman–Crippen LogP) is 0.176. The molecule has 0 aromatic heterocycles. The van der Waals surface area contributed by atoms with Gasteiger partial charge in [-0.1, -0.05) is 6.08 Å². The predicted molar refractivity (Wildman–Crippen MR) is 37.4 cm³/mol. The number of nitrogens with one attached hydrogen (secondary N) is 1. The summed E-state index contributed by atoms with van der Waals surface area (Å²) in [6, 6.07) is 0. The van der Waals surface area contributed by atoms with E-state index in [2.05, 4.69) is 11.9 Å². The van der Waals surface area contributed by atoms with Crippen LogP contribution in [-0.2, 0) is 0 Å². The minimum absolute atomic E-state index is 0. The summed E-state index contributed by atoms with van der Waals surface area (Å²) in [5, 5.41) is 11.1. The third-order valence-corrected chi connectivity index (χ3v) is 0.577. The second kappa shape index (κ2) is 10.0. The van der Waals surface area contributed by atoms with Crippen molar-refractivity contribution in [3.8, 4) is 0 Å². The zero-order valence-electron chi connectivity index (χ0n) is 4.76. The van der Waals surface area contributed by atoms with Gasteiger partial charge in [-0.2, -0.15) is 0 Å². The van der Waals surface area contributed by atoms with Gasteiger partial charge in [-0.3, -0.25) is 0 Å². The molecule has 0 aromatic carbocycles. The summed E-state index contributed by atoms with van der Waals surface area (Å²) in [5.74, 6) is 0. The Morgan fingerprint density at radius 3 is 2.62 bits per heavy atom. The Morgan fingerprint density at radius 2 is 2.25 bits per heavy atom. The maximum absolute atomic E-state index is 8.20. The Kier molecular flexibility index (Phi) is 13.6.